The van der Waals surface area contributed by atoms with Crippen molar-refractivity contribution < 1.29 is 23.9 Å². The molecule has 0 saturated heterocycles. The summed E-state index contributed by atoms with van der Waals surface area (Å²) in [5.41, 5.74) is 2.97. The lowest BCUT2D eigenvalue weighted by atomic mass is 10.0. The summed E-state index contributed by atoms with van der Waals surface area (Å²) in [6.07, 6.45) is 4.46. The number of aromatic carboxylic acids is 1. The number of hydrogen-bond donors (Lipinski definition) is 2. The number of hydrogen-bond acceptors (Lipinski definition) is 8. The fraction of sp³-hybridized carbons (Fsp3) is 0.190. The molecular weight excluding hydrogens is 420 g/mol. The maximum atomic E-state index is 11.3. The Morgan fingerprint density at radius 1 is 1.39 bits per heavy atom. The van der Waals surface area contributed by atoms with Crippen molar-refractivity contribution >= 4 is 34.7 Å². The summed E-state index contributed by atoms with van der Waals surface area (Å²) in [6.45, 7) is 1.21. The third-order valence-corrected chi connectivity index (χ3v) is 5.91. The number of methoxy groups -OCH3 is 1. The quantitative estimate of drug-likeness (QED) is 0.416. The molecule has 0 unspecified atom stereocenters. The van der Waals surface area contributed by atoms with Gasteiger partial charge < -0.3 is 23.8 Å². The van der Waals surface area contributed by atoms with Crippen LogP contribution in [0.2, 0.25) is 0 Å². The lowest BCUT2D eigenvalue weighted by Gasteiger charge is -2.11. The second-order valence-electron chi connectivity index (χ2n) is 6.92. The summed E-state index contributed by atoms with van der Waals surface area (Å²) < 4.78 is 21.9. The monoisotopic (exact) mass is 438 g/mol. The fourth-order valence-electron chi connectivity index (χ4n) is 3.62. The Hall–Kier alpha value is -3.66. The number of benzene rings is 2. The zero-order valence-corrected chi connectivity index (χ0v) is 17.3. The summed E-state index contributed by atoms with van der Waals surface area (Å²) >= 11 is 1.20. The van der Waals surface area contributed by atoms with Gasteiger partial charge in [-0.2, -0.15) is 5.10 Å². The Bertz CT molecular complexity index is 1270. The number of carbonyl (C=O) groups is 1. The molecule has 10 heteroatoms. The molecule has 2 aromatic heterocycles. The average molecular weight is 438 g/mol. The number of fused-ring (bicyclic) bond motifs is 3. The molecule has 3 heterocycles. The van der Waals surface area contributed by atoms with E-state index in [1.54, 1.807) is 18.3 Å². The van der Waals surface area contributed by atoms with Gasteiger partial charge in [0.15, 0.2) is 11.4 Å². The molecule has 0 spiro atoms. The lowest BCUT2D eigenvalue weighted by Crippen LogP contribution is -2.02. The van der Waals surface area contributed by atoms with Crippen molar-refractivity contribution in [1.82, 2.24) is 14.9 Å². The number of carboxylic acid groups (broad SMARTS) is 1. The Balaban J connectivity index is 1.48. The number of carboxylic acids is 1. The normalized spacial score (nSPS) is 12.5. The van der Waals surface area contributed by atoms with Crippen LogP contribution in [0.15, 0.2) is 52.1 Å². The van der Waals surface area contributed by atoms with Gasteiger partial charge in [0, 0.05) is 24.4 Å². The van der Waals surface area contributed by atoms with Crippen molar-refractivity contribution in [3.05, 3.63) is 59.4 Å². The Morgan fingerprint density at radius 3 is 3.06 bits per heavy atom. The van der Waals surface area contributed by atoms with Crippen molar-refractivity contribution in [3.8, 4) is 11.5 Å². The summed E-state index contributed by atoms with van der Waals surface area (Å²) in [7, 11) is 1.53. The van der Waals surface area contributed by atoms with Crippen LogP contribution in [-0.2, 0) is 13.0 Å². The molecule has 0 bridgehead atoms. The standard InChI is InChI=1S/C21H18N4O5S/c1-28-15-4-3-12(21(26)27)10-17(15)31-24-20-18-16(30-23-20)9-13(11-25-7-2-6-22-25)14-5-8-29-19(14)18/h2-4,6-7,9-10H,5,8,11H2,1H3,(H,23,24)(H,26,27). The first-order valence-corrected chi connectivity index (χ1v) is 10.3. The predicted molar refractivity (Wildman–Crippen MR) is 114 cm³/mol. The topological polar surface area (TPSA) is 112 Å². The number of nitrogens with one attached hydrogen (secondary N) is 1. The average Bonchev–Trinajstić information content (AvgIpc) is 3.52. The third kappa shape index (κ3) is 3.55. The molecule has 0 saturated carbocycles. The molecule has 2 aromatic carbocycles. The van der Waals surface area contributed by atoms with E-state index >= 15 is 0 Å². The van der Waals surface area contributed by atoms with Gasteiger partial charge in [0.2, 0.25) is 0 Å². The van der Waals surface area contributed by atoms with E-state index in [-0.39, 0.29) is 5.56 Å². The highest BCUT2D eigenvalue weighted by Gasteiger charge is 2.25. The smallest absolute Gasteiger partial charge is 0.335 e. The Morgan fingerprint density at radius 2 is 2.29 bits per heavy atom. The summed E-state index contributed by atoms with van der Waals surface area (Å²) in [6, 6.07) is 8.52. The third-order valence-electron chi connectivity index (χ3n) is 5.07. The van der Waals surface area contributed by atoms with Gasteiger partial charge in [0.1, 0.15) is 16.9 Å². The summed E-state index contributed by atoms with van der Waals surface area (Å²) in [5.74, 6) is 0.812. The molecule has 31 heavy (non-hydrogen) atoms. The molecule has 158 valence electrons. The van der Waals surface area contributed by atoms with Crippen LogP contribution >= 0.6 is 11.9 Å². The van der Waals surface area contributed by atoms with Crippen LogP contribution in [0, 0.1) is 0 Å². The minimum atomic E-state index is -1.01. The van der Waals surface area contributed by atoms with Gasteiger partial charge in [-0.05, 0) is 47.8 Å². The number of rotatable bonds is 7. The largest absolute Gasteiger partial charge is 0.496 e. The number of ether oxygens (including phenoxy) is 2. The predicted octanol–water partition coefficient (Wildman–Crippen LogP) is 3.83. The maximum absolute atomic E-state index is 11.3. The summed E-state index contributed by atoms with van der Waals surface area (Å²) in [5, 5.41) is 18.5. The van der Waals surface area contributed by atoms with Gasteiger partial charge in [0.05, 0.1) is 30.7 Å². The van der Waals surface area contributed by atoms with E-state index in [0.29, 0.717) is 35.2 Å². The molecular formula is C21H18N4O5S. The van der Waals surface area contributed by atoms with E-state index in [4.69, 9.17) is 14.0 Å². The highest BCUT2D eigenvalue weighted by Crippen LogP contribution is 2.42. The van der Waals surface area contributed by atoms with Crippen LogP contribution in [0.25, 0.3) is 11.0 Å². The highest BCUT2D eigenvalue weighted by atomic mass is 32.2. The van der Waals surface area contributed by atoms with Gasteiger partial charge in [0.25, 0.3) is 0 Å². The van der Waals surface area contributed by atoms with E-state index in [1.807, 2.05) is 23.0 Å². The number of aromatic nitrogens is 3. The minimum Gasteiger partial charge on any atom is -0.496 e. The minimum absolute atomic E-state index is 0.169. The molecule has 0 atom stereocenters. The molecule has 2 N–H and O–H groups in total. The van der Waals surface area contributed by atoms with Crippen molar-refractivity contribution in [2.24, 2.45) is 0 Å². The van der Waals surface area contributed by atoms with Crippen molar-refractivity contribution in [2.45, 2.75) is 17.9 Å². The fourth-order valence-corrected chi connectivity index (χ4v) is 4.41. The lowest BCUT2D eigenvalue weighted by molar-refractivity contribution is 0.0696. The van der Waals surface area contributed by atoms with Gasteiger partial charge in [-0.1, -0.05) is 5.16 Å². The van der Waals surface area contributed by atoms with Crippen molar-refractivity contribution in [1.29, 1.82) is 0 Å². The van der Waals surface area contributed by atoms with Crippen LogP contribution in [-0.4, -0.2) is 39.7 Å². The van der Waals surface area contributed by atoms with Crippen molar-refractivity contribution in [2.75, 3.05) is 18.4 Å². The molecule has 1 aliphatic heterocycles. The molecule has 4 aromatic rings. The Kier molecular flexibility index (Phi) is 4.91. The molecule has 1 aliphatic rings. The second kappa shape index (κ2) is 7.88. The molecule has 0 radical (unpaired) electrons. The highest BCUT2D eigenvalue weighted by molar-refractivity contribution is 8.00. The zero-order chi connectivity index (χ0) is 21.4. The van der Waals surface area contributed by atoms with Gasteiger partial charge >= 0.3 is 5.97 Å². The van der Waals surface area contributed by atoms with E-state index in [9.17, 15) is 9.90 Å². The van der Waals surface area contributed by atoms with E-state index in [1.165, 1.54) is 25.1 Å². The van der Waals surface area contributed by atoms with Gasteiger partial charge in [-0.3, -0.25) is 4.68 Å². The zero-order valence-electron chi connectivity index (χ0n) is 16.5. The van der Waals surface area contributed by atoms with E-state index < -0.39 is 5.97 Å². The van der Waals surface area contributed by atoms with Crippen LogP contribution in [0.1, 0.15) is 21.5 Å². The van der Waals surface area contributed by atoms with Crippen LogP contribution in [0.4, 0.5) is 5.82 Å². The van der Waals surface area contributed by atoms with E-state index in [2.05, 4.69) is 15.0 Å². The number of nitrogens with zero attached hydrogens (tertiary/aromatic N) is 3. The van der Waals surface area contributed by atoms with E-state index in [0.717, 1.165) is 28.7 Å². The van der Waals surface area contributed by atoms with Gasteiger partial charge in [-0.25, -0.2) is 4.79 Å². The van der Waals surface area contributed by atoms with Crippen molar-refractivity contribution in [3.63, 3.8) is 0 Å². The molecule has 0 fully saturated rings. The first-order chi connectivity index (χ1) is 15.1. The molecule has 0 amide bonds. The van der Waals surface area contributed by atoms with Gasteiger partial charge in [-0.15, -0.1) is 0 Å². The first-order valence-electron chi connectivity index (χ1n) is 9.52. The Labute approximate surface area is 181 Å². The SMILES string of the molecule is COc1ccc(C(=O)O)cc1SNc1noc2cc(Cn3cccn3)c3c(c12)OCC3. The van der Waals surface area contributed by atoms with Crippen LogP contribution < -0.4 is 14.2 Å². The van der Waals surface area contributed by atoms with Crippen LogP contribution in [0.3, 0.4) is 0 Å². The maximum Gasteiger partial charge on any atom is 0.335 e. The first kappa shape index (κ1) is 19.3. The molecule has 5 rings (SSSR count). The number of anilines is 1. The molecule has 0 aliphatic carbocycles. The second-order valence-corrected chi connectivity index (χ2v) is 7.77. The summed E-state index contributed by atoms with van der Waals surface area (Å²) in [4.78, 5) is 11.9. The molecule has 9 nitrogen and oxygen atoms in total. The van der Waals surface area contributed by atoms with Crippen LogP contribution in [0.5, 0.6) is 11.5 Å².